The molecule has 2 N–H and O–H groups in total. The van der Waals surface area contributed by atoms with E-state index in [2.05, 4.69) is 15.6 Å². The number of benzene rings is 2. The Morgan fingerprint density at radius 1 is 1.20 bits per heavy atom. The van der Waals surface area contributed by atoms with Gasteiger partial charge in [0.15, 0.2) is 17.5 Å². The summed E-state index contributed by atoms with van der Waals surface area (Å²) in [5.41, 5.74) is 1.89. The Bertz CT molecular complexity index is 712. The molecule has 0 heterocycles. The topological polar surface area (TPSA) is 45.7 Å². The lowest BCUT2D eigenvalue weighted by molar-refractivity contribution is 0.386. The van der Waals surface area contributed by atoms with Crippen LogP contribution in [0.2, 0.25) is 5.02 Å². The SMILES string of the molecule is CN=C(NCCc1ccccc1Cl)NCc1ccc(OC)c(F)c1.I. The Morgan fingerprint density at radius 2 is 1.96 bits per heavy atom. The molecular formula is C18H22ClFIN3O. The van der Waals surface area contributed by atoms with Gasteiger partial charge in [-0.3, -0.25) is 4.99 Å². The van der Waals surface area contributed by atoms with E-state index in [1.54, 1.807) is 13.1 Å². The van der Waals surface area contributed by atoms with Crippen molar-refractivity contribution in [2.45, 2.75) is 13.0 Å². The van der Waals surface area contributed by atoms with Crippen LogP contribution in [0, 0.1) is 5.82 Å². The van der Waals surface area contributed by atoms with E-state index in [4.69, 9.17) is 16.3 Å². The molecule has 0 aliphatic heterocycles. The van der Waals surface area contributed by atoms with Crippen molar-refractivity contribution in [2.75, 3.05) is 20.7 Å². The van der Waals surface area contributed by atoms with Gasteiger partial charge in [-0.2, -0.15) is 0 Å². The molecule has 0 aliphatic rings. The molecular weight excluding hydrogens is 456 g/mol. The summed E-state index contributed by atoms with van der Waals surface area (Å²) < 4.78 is 18.6. The molecule has 2 aromatic rings. The van der Waals surface area contributed by atoms with Crippen LogP contribution in [0.1, 0.15) is 11.1 Å². The van der Waals surface area contributed by atoms with Crippen molar-refractivity contribution in [1.29, 1.82) is 0 Å². The van der Waals surface area contributed by atoms with E-state index in [9.17, 15) is 4.39 Å². The van der Waals surface area contributed by atoms with Crippen molar-refractivity contribution in [3.63, 3.8) is 0 Å². The normalized spacial score (nSPS) is 10.8. The number of ether oxygens (including phenoxy) is 1. The van der Waals surface area contributed by atoms with Gasteiger partial charge in [-0.05, 0) is 35.7 Å². The molecule has 0 aromatic heterocycles. The highest BCUT2D eigenvalue weighted by atomic mass is 127. The van der Waals surface area contributed by atoms with Crippen LogP contribution in [-0.2, 0) is 13.0 Å². The minimum absolute atomic E-state index is 0. The number of halogens is 3. The summed E-state index contributed by atoms with van der Waals surface area (Å²) in [5, 5.41) is 7.12. The highest BCUT2D eigenvalue weighted by Gasteiger charge is 2.05. The summed E-state index contributed by atoms with van der Waals surface area (Å²) >= 11 is 6.13. The lowest BCUT2D eigenvalue weighted by Crippen LogP contribution is -2.37. The number of nitrogens with one attached hydrogen (secondary N) is 2. The van der Waals surface area contributed by atoms with Crippen molar-refractivity contribution in [3.8, 4) is 5.75 Å². The first-order valence-electron chi connectivity index (χ1n) is 7.64. The number of methoxy groups -OCH3 is 1. The first-order valence-corrected chi connectivity index (χ1v) is 8.02. The van der Waals surface area contributed by atoms with Crippen LogP contribution >= 0.6 is 35.6 Å². The summed E-state index contributed by atoms with van der Waals surface area (Å²) in [6.45, 7) is 1.16. The van der Waals surface area contributed by atoms with Crippen LogP contribution in [-0.4, -0.2) is 26.7 Å². The van der Waals surface area contributed by atoms with E-state index in [0.717, 1.165) is 22.6 Å². The average Bonchev–Trinajstić information content (AvgIpc) is 2.59. The van der Waals surface area contributed by atoms with Crippen LogP contribution in [0.4, 0.5) is 4.39 Å². The number of aliphatic imine (C=N–C) groups is 1. The Hall–Kier alpha value is -1.54. The molecule has 0 fully saturated rings. The molecule has 4 nitrogen and oxygen atoms in total. The zero-order chi connectivity index (χ0) is 17.4. The minimum Gasteiger partial charge on any atom is -0.494 e. The Morgan fingerprint density at radius 3 is 2.60 bits per heavy atom. The maximum Gasteiger partial charge on any atom is 0.191 e. The molecule has 136 valence electrons. The van der Waals surface area contributed by atoms with Crippen molar-refractivity contribution >= 4 is 41.5 Å². The van der Waals surface area contributed by atoms with E-state index in [1.807, 2.05) is 30.3 Å². The standard InChI is InChI=1S/C18H21ClFN3O.HI/c1-21-18(22-10-9-14-5-3-4-6-15(14)19)23-12-13-7-8-17(24-2)16(20)11-13;/h3-8,11H,9-10,12H2,1-2H3,(H2,21,22,23);1H. The molecule has 0 saturated heterocycles. The van der Waals surface area contributed by atoms with Crippen molar-refractivity contribution < 1.29 is 9.13 Å². The van der Waals surface area contributed by atoms with Gasteiger partial charge in [-0.1, -0.05) is 35.9 Å². The van der Waals surface area contributed by atoms with Gasteiger partial charge < -0.3 is 15.4 Å². The Labute approximate surface area is 169 Å². The Balaban J connectivity index is 0.00000312. The van der Waals surface area contributed by atoms with E-state index < -0.39 is 0 Å². The molecule has 0 amide bonds. The second-order valence-corrected chi connectivity index (χ2v) is 5.57. The van der Waals surface area contributed by atoms with Crippen molar-refractivity contribution in [2.24, 2.45) is 4.99 Å². The zero-order valence-electron chi connectivity index (χ0n) is 14.2. The maximum absolute atomic E-state index is 13.7. The molecule has 0 spiro atoms. The molecule has 0 bridgehead atoms. The van der Waals surface area contributed by atoms with Crippen LogP contribution < -0.4 is 15.4 Å². The second kappa shape index (κ2) is 11.1. The summed E-state index contributed by atoms with van der Waals surface area (Å²) in [7, 11) is 3.14. The number of rotatable bonds is 6. The third-order valence-corrected chi connectivity index (χ3v) is 3.91. The van der Waals surface area contributed by atoms with Crippen molar-refractivity contribution in [3.05, 3.63) is 64.4 Å². The molecule has 7 heteroatoms. The minimum atomic E-state index is -0.376. The van der Waals surface area contributed by atoms with Gasteiger partial charge in [0.05, 0.1) is 7.11 Å². The van der Waals surface area contributed by atoms with E-state index in [0.29, 0.717) is 19.0 Å². The summed E-state index contributed by atoms with van der Waals surface area (Å²) in [6.07, 6.45) is 0.789. The highest BCUT2D eigenvalue weighted by Crippen LogP contribution is 2.17. The zero-order valence-corrected chi connectivity index (χ0v) is 17.3. The largest absolute Gasteiger partial charge is 0.494 e. The molecule has 2 rings (SSSR count). The highest BCUT2D eigenvalue weighted by molar-refractivity contribution is 14.0. The van der Waals surface area contributed by atoms with Gasteiger partial charge in [-0.25, -0.2) is 4.39 Å². The molecule has 25 heavy (non-hydrogen) atoms. The number of hydrogen-bond donors (Lipinski definition) is 2. The van der Waals surface area contributed by atoms with E-state index >= 15 is 0 Å². The predicted molar refractivity (Wildman–Crippen MR) is 112 cm³/mol. The smallest absolute Gasteiger partial charge is 0.191 e. The molecule has 2 aromatic carbocycles. The molecule has 0 atom stereocenters. The van der Waals surface area contributed by atoms with Gasteiger partial charge in [-0.15, -0.1) is 24.0 Å². The summed E-state index contributed by atoms with van der Waals surface area (Å²) in [5.74, 6) is 0.512. The predicted octanol–water partition coefficient (Wildman–Crippen LogP) is 4.01. The third-order valence-electron chi connectivity index (χ3n) is 3.54. The van der Waals surface area contributed by atoms with Crippen LogP contribution in [0.5, 0.6) is 5.75 Å². The Kier molecular flexibility index (Phi) is 9.59. The van der Waals surface area contributed by atoms with Crippen LogP contribution in [0.25, 0.3) is 0 Å². The summed E-state index contributed by atoms with van der Waals surface area (Å²) in [4.78, 5) is 4.16. The lowest BCUT2D eigenvalue weighted by atomic mass is 10.1. The second-order valence-electron chi connectivity index (χ2n) is 5.16. The quantitative estimate of drug-likeness (QED) is 0.375. The van der Waals surface area contributed by atoms with Gasteiger partial charge in [0.25, 0.3) is 0 Å². The first-order chi connectivity index (χ1) is 11.6. The molecule has 0 saturated carbocycles. The third kappa shape index (κ3) is 6.70. The number of nitrogens with zero attached hydrogens (tertiary/aromatic N) is 1. The van der Waals surface area contributed by atoms with Gasteiger partial charge in [0.1, 0.15) is 0 Å². The average molecular weight is 478 g/mol. The van der Waals surface area contributed by atoms with Crippen LogP contribution in [0.3, 0.4) is 0 Å². The van der Waals surface area contributed by atoms with Crippen LogP contribution in [0.15, 0.2) is 47.5 Å². The summed E-state index contributed by atoms with van der Waals surface area (Å²) in [6, 6.07) is 12.6. The first kappa shape index (κ1) is 21.5. The lowest BCUT2D eigenvalue weighted by Gasteiger charge is -2.13. The fourth-order valence-corrected chi connectivity index (χ4v) is 2.47. The fraction of sp³-hybridized carbons (Fsp3) is 0.278. The number of guanidine groups is 1. The molecule has 0 radical (unpaired) electrons. The van der Waals surface area contributed by atoms with E-state index in [1.165, 1.54) is 13.2 Å². The monoisotopic (exact) mass is 477 g/mol. The van der Waals surface area contributed by atoms with E-state index in [-0.39, 0.29) is 35.5 Å². The van der Waals surface area contributed by atoms with Crippen molar-refractivity contribution in [1.82, 2.24) is 10.6 Å². The molecule has 0 unspecified atom stereocenters. The fourth-order valence-electron chi connectivity index (χ4n) is 2.24. The molecule has 0 aliphatic carbocycles. The van der Waals surface area contributed by atoms with Gasteiger partial charge in [0.2, 0.25) is 0 Å². The van der Waals surface area contributed by atoms with Gasteiger partial charge >= 0.3 is 0 Å². The maximum atomic E-state index is 13.7. The number of hydrogen-bond acceptors (Lipinski definition) is 2. The van der Waals surface area contributed by atoms with Gasteiger partial charge in [0, 0.05) is 25.2 Å².